The fourth-order valence-electron chi connectivity index (χ4n) is 1.87. The number of hydrogen-bond donors (Lipinski definition) is 3. The van der Waals surface area contributed by atoms with Gasteiger partial charge in [0.05, 0.1) is 11.6 Å². The molecule has 0 spiro atoms. The normalized spacial score (nSPS) is 10.4. The maximum Gasteiger partial charge on any atom is 0.271 e. The summed E-state index contributed by atoms with van der Waals surface area (Å²) in [7, 11) is 0. The quantitative estimate of drug-likeness (QED) is 0.695. The van der Waals surface area contributed by atoms with Crippen molar-refractivity contribution >= 4 is 44.8 Å². The Labute approximate surface area is 146 Å². The van der Waals surface area contributed by atoms with Crippen LogP contribution in [-0.2, 0) is 11.2 Å². The van der Waals surface area contributed by atoms with Gasteiger partial charge in [0.2, 0.25) is 5.91 Å². The lowest BCUT2D eigenvalue weighted by molar-refractivity contribution is -0.115. The second-order valence-corrected chi connectivity index (χ2v) is 6.71. The number of thiazole rings is 1. The molecule has 1 aromatic carbocycles. The van der Waals surface area contributed by atoms with E-state index in [2.05, 4.69) is 31.5 Å². The molecule has 2 rings (SSSR count). The summed E-state index contributed by atoms with van der Waals surface area (Å²) in [4.78, 5) is 28.0. The van der Waals surface area contributed by atoms with Crippen LogP contribution >= 0.6 is 27.3 Å². The van der Waals surface area contributed by atoms with Gasteiger partial charge in [0.1, 0.15) is 5.69 Å². The number of benzene rings is 1. The van der Waals surface area contributed by atoms with Gasteiger partial charge in [-0.2, -0.15) is 0 Å². The van der Waals surface area contributed by atoms with Crippen molar-refractivity contribution in [1.82, 2.24) is 10.3 Å². The minimum atomic E-state index is -0.368. The van der Waals surface area contributed by atoms with Crippen LogP contribution in [0.2, 0.25) is 0 Å². The van der Waals surface area contributed by atoms with Crippen molar-refractivity contribution in [2.24, 2.45) is 5.73 Å². The van der Waals surface area contributed by atoms with E-state index >= 15 is 0 Å². The number of hydrogen-bond acceptors (Lipinski definition) is 5. The van der Waals surface area contributed by atoms with Crippen LogP contribution < -0.4 is 16.4 Å². The number of nitrogens with one attached hydrogen (secondary N) is 2. The zero-order valence-corrected chi connectivity index (χ0v) is 15.0. The highest BCUT2D eigenvalue weighted by molar-refractivity contribution is 9.10. The van der Waals surface area contributed by atoms with E-state index in [1.807, 2.05) is 19.1 Å². The van der Waals surface area contributed by atoms with Gasteiger partial charge in [-0.1, -0.05) is 15.9 Å². The summed E-state index contributed by atoms with van der Waals surface area (Å²) >= 11 is 4.75. The van der Waals surface area contributed by atoms with E-state index in [0.29, 0.717) is 24.3 Å². The molecule has 0 aliphatic rings. The third-order valence-corrected chi connectivity index (χ3v) is 4.42. The predicted molar refractivity (Wildman–Crippen MR) is 94.7 cm³/mol. The first kappa shape index (κ1) is 17.6. The molecule has 2 amide bonds. The molecule has 6 nitrogen and oxygen atoms in total. The Morgan fingerprint density at radius 2 is 2.17 bits per heavy atom. The van der Waals surface area contributed by atoms with E-state index in [9.17, 15) is 9.59 Å². The lowest BCUT2D eigenvalue weighted by Crippen LogP contribution is -2.33. The molecule has 8 heteroatoms. The number of amides is 2. The second-order valence-electron chi connectivity index (χ2n) is 4.86. The molecule has 0 fully saturated rings. The number of halogens is 1. The average Bonchev–Trinajstić information content (AvgIpc) is 2.97. The number of aryl methyl sites for hydroxylation is 1. The van der Waals surface area contributed by atoms with Gasteiger partial charge in [-0.25, -0.2) is 4.98 Å². The summed E-state index contributed by atoms with van der Waals surface area (Å²) in [6, 6.07) is 5.55. The first-order valence-electron chi connectivity index (χ1n) is 6.98. The Morgan fingerprint density at radius 3 is 2.87 bits per heavy atom. The third kappa shape index (κ3) is 5.12. The number of carbonyl (C=O) groups excluding carboxylic acids is 2. The molecule has 0 saturated heterocycles. The molecule has 1 heterocycles. The smallest absolute Gasteiger partial charge is 0.271 e. The van der Waals surface area contributed by atoms with Gasteiger partial charge in [0.15, 0.2) is 0 Å². The summed E-state index contributed by atoms with van der Waals surface area (Å²) in [6.07, 6.45) is 0.640. The van der Waals surface area contributed by atoms with Crippen molar-refractivity contribution in [2.45, 2.75) is 13.3 Å². The number of anilines is 1. The van der Waals surface area contributed by atoms with Crippen LogP contribution in [0, 0.1) is 6.92 Å². The van der Waals surface area contributed by atoms with E-state index in [-0.39, 0.29) is 18.4 Å². The average molecular weight is 397 g/mol. The fraction of sp³-hybridized carbons (Fsp3) is 0.267. The maximum atomic E-state index is 11.9. The molecule has 0 unspecified atom stereocenters. The zero-order valence-electron chi connectivity index (χ0n) is 12.6. The van der Waals surface area contributed by atoms with Gasteiger partial charge < -0.3 is 16.4 Å². The summed E-state index contributed by atoms with van der Waals surface area (Å²) in [5, 5.41) is 7.80. The summed E-state index contributed by atoms with van der Waals surface area (Å²) in [5.74, 6) is -0.659. The van der Waals surface area contributed by atoms with Crippen LogP contribution in [0.25, 0.3) is 0 Å². The number of aromatic nitrogens is 1. The van der Waals surface area contributed by atoms with Crippen molar-refractivity contribution in [1.29, 1.82) is 0 Å². The summed E-state index contributed by atoms with van der Waals surface area (Å²) in [5.41, 5.74) is 7.41. The van der Waals surface area contributed by atoms with E-state index in [1.165, 1.54) is 11.3 Å². The van der Waals surface area contributed by atoms with Crippen molar-refractivity contribution in [3.8, 4) is 0 Å². The van der Waals surface area contributed by atoms with Crippen LogP contribution in [0.1, 0.15) is 21.1 Å². The first-order valence-corrected chi connectivity index (χ1v) is 8.65. The minimum Gasteiger partial charge on any atom is -0.342 e. The SMILES string of the molecule is Cc1cc(Br)ccc1NC(=O)CNC(=O)c1csc(CCN)n1. The minimum absolute atomic E-state index is 0.113. The van der Waals surface area contributed by atoms with Crippen molar-refractivity contribution in [2.75, 3.05) is 18.4 Å². The van der Waals surface area contributed by atoms with Crippen LogP contribution in [0.5, 0.6) is 0 Å². The Hall–Kier alpha value is -1.77. The Morgan fingerprint density at radius 1 is 1.39 bits per heavy atom. The molecule has 0 atom stereocenters. The molecule has 0 saturated carbocycles. The monoisotopic (exact) mass is 396 g/mol. The Bertz CT molecular complexity index is 717. The van der Waals surface area contributed by atoms with E-state index < -0.39 is 0 Å². The molecule has 1 aromatic heterocycles. The third-order valence-electron chi connectivity index (χ3n) is 3.01. The van der Waals surface area contributed by atoms with Gasteiger partial charge in [-0.3, -0.25) is 9.59 Å². The van der Waals surface area contributed by atoms with Gasteiger partial charge >= 0.3 is 0 Å². The molecule has 0 bridgehead atoms. The van der Waals surface area contributed by atoms with E-state index in [0.717, 1.165) is 15.0 Å². The van der Waals surface area contributed by atoms with Crippen LogP contribution in [-0.4, -0.2) is 29.9 Å². The van der Waals surface area contributed by atoms with Crippen molar-refractivity contribution in [3.63, 3.8) is 0 Å². The standard InChI is InChI=1S/C15H17BrN4O2S/c1-9-6-10(16)2-3-11(9)19-13(21)7-18-15(22)12-8-23-14(20-12)4-5-17/h2-3,6,8H,4-5,7,17H2,1H3,(H,18,22)(H,19,21). The maximum absolute atomic E-state index is 11.9. The molecule has 0 aliphatic carbocycles. The molecule has 0 aliphatic heterocycles. The number of rotatable bonds is 6. The topological polar surface area (TPSA) is 97.1 Å². The van der Waals surface area contributed by atoms with Gasteiger partial charge in [0, 0.05) is 22.0 Å². The van der Waals surface area contributed by atoms with Gasteiger partial charge in [-0.15, -0.1) is 11.3 Å². The molecular weight excluding hydrogens is 380 g/mol. The highest BCUT2D eigenvalue weighted by Crippen LogP contribution is 2.19. The number of nitrogens with zero attached hydrogens (tertiary/aromatic N) is 1. The summed E-state index contributed by atoms with van der Waals surface area (Å²) in [6.45, 7) is 2.27. The Kier molecular flexibility index (Phi) is 6.26. The van der Waals surface area contributed by atoms with Crippen LogP contribution in [0.4, 0.5) is 5.69 Å². The molecule has 23 heavy (non-hydrogen) atoms. The van der Waals surface area contributed by atoms with Crippen molar-refractivity contribution < 1.29 is 9.59 Å². The van der Waals surface area contributed by atoms with Crippen LogP contribution in [0.3, 0.4) is 0 Å². The number of nitrogens with two attached hydrogens (primary N) is 1. The van der Waals surface area contributed by atoms with Gasteiger partial charge in [0.25, 0.3) is 5.91 Å². The highest BCUT2D eigenvalue weighted by Gasteiger charge is 2.12. The molecule has 0 radical (unpaired) electrons. The second kappa shape index (κ2) is 8.19. The lowest BCUT2D eigenvalue weighted by atomic mass is 10.2. The highest BCUT2D eigenvalue weighted by atomic mass is 79.9. The Balaban J connectivity index is 1.86. The molecule has 122 valence electrons. The van der Waals surface area contributed by atoms with E-state index in [4.69, 9.17) is 5.73 Å². The van der Waals surface area contributed by atoms with Crippen LogP contribution in [0.15, 0.2) is 28.1 Å². The predicted octanol–water partition coefficient (Wildman–Crippen LogP) is 2.08. The largest absolute Gasteiger partial charge is 0.342 e. The molecule has 4 N–H and O–H groups in total. The van der Waals surface area contributed by atoms with Gasteiger partial charge in [-0.05, 0) is 37.2 Å². The van der Waals surface area contributed by atoms with E-state index in [1.54, 1.807) is 11.4 Å². The number of carbonyl (C=O) groups is 2. The summed E-state index contributed by atoms with van der Waals surface area (Å²) < 4.78 is 0.943. The lowest BCUT2D eigenvalue weighted by Gasteiger charge is -2.09. The fourth-order valence-corrected chi connectivity index (χ4v) is 3.14. The molecule has 2 aromatic rings. The molecular formula is C15H17BrN4O2S. The zero-order chi connectivity index (χ0) is 16.8. The van der Waals surface area contributed by atoms with Crippen molar-refractivity contribution in [3.05, 3.63) is 44.3 Å². The first-order chi connectivity index (χ1) is 11.0.